The van der Waals surface area contributed by atoms with Crippen molar-refractivity contribution in [3.63, 3.8) is 0 Å². The third-order valence-electron chi connectivity index (χ3n) is 4.97. The van der Waals surface area contributed by atoms with E-state index in [2.05, 4.69) is 5.10 Å². The molecule has 0 aliphatic carbocycles. The van der Waals surface area contributed by atoms with Crippen molar-refractivity contribution in [1.29, 1.82) is 0 Å². The molecule has 152 valence electrons. The molecule has 1 saturated heterocycles. The average molecular weight is 434 g/mol. The molecule has 0 atom stereocenters. The Bertz CT molecular complexity index is 1130. The minimum absolute atomic E-state index is 0.0867. The van der Waals surface area contributed by atoms with Crippen LogP contribution in [0.2, 0.25) is 5.02 Å². The summed E-state index contributed by atoms with van der Waals surface area (Å²) >= 11 is 6.07. The molecule has 1 aliphatic rings. The Morgan fingerprint density at radius 1 is 1.03 bits per heavy atom. The predicted molar refractivity (Wildman–Crippen MR) is 109 cm³/mol. The average Bonchev–Trinajstić information content (AvgIpc) is 3.37. The van der Waals surface area contributed by atoms with Crippen molar-refractivity contribution in [2.75, 3.05) is 26.2 Å². The van der Waals surface area contributed by atoms with Crippen LogP contribution in [0, 0.1) is 0 Å². The van der Waals surface area contributed by atoms with E-state index in [0.29, 0.717) is 24.5 Å². The summed E-state index contributed by atoms with van der Waals surface area (Å²) in [6, 6.07) is 10.1. The Morgan fingerprint density at radius 2 is 1.69 bits per heavy atom. The number of hydrogen-bond acceptors (Lipinski definition) is 4. The van der Waals surface area contributed by atoms with E-state index < -0.39 is 10.0 Å². The van der Waals surface area contributed by atoms with Crippen LogP contribution < -0.4 is 0 Å². The van der Waals surface area contributed by atoms with Gasteiger partial charge in [0.2, 0.25) is 10.0 Å². The van der Waals surface area contributed by atoms with Gasteiger partial charge in [0.1, 0.15) is 16.3 Å². The zero-order chi connectivity index (χ0) is 20.6. The highest BCUT2D eigenvalue weighted by Crippen LogP contribution is 2.25. The molecule has 0 radical (unpaired) electrons. The highest BCUT2D eigenvalue weighted by molar-refractivity contribution is 7.89. The number of piperazine rings is 1. The van der Waals surface area contributed by atoms with Gasteiger partial charge in [0.15, 0.2) is 0 Å². The van der Waals surface area contributed by atoms with Gasteiger partial charge in [0.05, 0.1) is 11.2 Å². The Hall–Kier alpha value is -2.62. The van der Waals surface area contributed by atoms with Crippen molar-refractivity contribution in [2.24, 2.45) is 7.05 Å². The van der Waals surface area contributed by atoms with Crippen LogP contribution in [0.25, 0.3) is 5.82 Å². The molecule has 0 unspecified atom stereocenters. The summed E-state index contributed by atoms with van der Waals surface area (Å²) < 4.78 is 30.6. The molecule has 0 spiro atoms. The largest absolute Gasteiger partial charge is 0.336 e. The first kappa shape index (κ1) is 19.7. The van der Waals surface area contributed by atoms with E-state index >= 15 is 0 Å². The molecule has 2 aromatic heterocycles. The molecule has 29 heavy (non-hydrogen) atoms. The second kappa shape index (κ2) is 7.66. The second-order valence-electron chi connectivity index (χ2n) is 6.72. The minimum Gasteiger partial charge on any atom is -0.336 e. The third-order valence-corrected chi connectivity index (χ3v) is 7.37. The Labute approximate surface area is 174 Å². The lowest BCUT2D eigenvalue weighted by atomic mass is 10.2. The van der Waals surface area contributed by atoms with Crippen LogP contribution in [0.3, 0.4) is 0 Å². The van der Waals surface area contributed by atoms with Gasteiger partial charge in [0, 0.05) is 45.6 Å². The van der Waals surface area contributed by atoms with Crippen molar-refractivity contribution >= 4 is 27.5 Å². The number of amides is 1. The van der Waals surface area contributed by atoms with Crippen LogP contribution in [0.15, 0.2) is 59.9 Å². The lowest BCUT2D eigenvalue weighted by Gasteiger charge is -2.34. The summed E-state index contributed by atoms with van der Waals surface area (Å²) in [6.07, 6.45) is 5.24. The maximum Gasteiger partial charge on any atom is 0.259 e. The number of halogens is 1. The van der Waals surface area contributed by atoms with Crippen molar-refractivity contribution in [3.05, 3.63) is 65.6 Å². The molecule has 0 bridgehead atoms. The van der Waals surface area contributed by atoms with Crippen molar-refractivity contribution in [1.82, 2.24) is 23.6 Å². The molecular formula is C19H20ClN5O3S. The van der Waals surface area contributed by atoms with Gasteiger partial charge in [0.25, 0.3) is 5.91 Å². The third kappa shape index (κ3) is 3.57. The molecule has 1 aromatic carbocycles. The summed E-state index contributed by atoms with van der Waals surface area (Å²) in [6.45, 7) is 1.00. The smallest absolute Gasteiger partial charge is 0.259 e. The van der Waals surface area contributed by atoms with Crippen LogP contribution in [-0.4, -0.2) is 64.1 Å². The van der Waals surface area contributed by atoms with Crippen LogP contribution in [0.1, 0.15) is 10.4 Å². The Balaban J connectivity index is 1.51. The van der Waals surface area contributed by atoms with Crippen molar-refractivity contribution in [2.45, 2.75) is 4.90 Å². The second-order valence-corrected chi connectivity index (χ2v) is 9.04. The summed E-state index contributed by atoms with van der Waals surface area (Å²) in [7, 11) is -1.93. The molecule has 4 rings (SSSR count). The van der Waals surface area contributed by atoms with E-state index in [1.165, 1.54) is 10.4 Å². The number of aromatic nitrogens is 3. The summed E-state index contributed by atoms with van der Waals surface area (Å²) in [5, 5.41) is 4.41. The first-order chi connectivity index (χ1) is 13.9. The van der Waals surface area contributed by atoms with Gasteiger partial charge in [-0.2, -0.15) is 9.40 Å². The van der Waals surface area contributed by atoms with E-state index in [4.69, 9.17) is 11.6 Å². The predicted octanol–water partition coefficient (Wildman–Crippen LogP) is 2.01. The molecule has 10 heteroatoms. The highest BCUT2D eigenvalue weighted by atomic mass is 35.5. The van der Waals surface area contributed by atoms with E-state index in [1.807, 2.05) is 29.1 Å². The lowest BCUT2D eigenvalue weighted by Crippen LogP contribution is -2.50. The van der Waals surface area contributed by atoms with E-state index in [-0.39, 0.29) is 28.9 Å². The number of carbonyl (C=O) groups is 1. The topological polar surface area (TPSA) is 80.4 Å². The number of nitrogens with zero attached hydrogens (tertiary/aromatic N) is 5. The van der Waals surface area contributed by atoms with Gasteiger partial charge >= 0.3 is 0 Å². The maximum atomic E-state index is 13.1. The Morgan fingerprint density at radius 3 is 2.34 bits per heavy atom. The van der Waals surface area contributed by atoms with Gasteiger partial charge < -0.3 is 9.47 Å². The SMILES string of the molecule is Cn1ncc(C(=O)N2CCN(S(=O)(=O)c3ccccc3Cl)CC2)c1-n1cccc1. The van der Waals surface area contributed by atoms with Crippen molar-refractivity contribution in [3.8, 4) is 5.82 Å². The van der Waals surface area contributed by atoms with Gasteiger partial charge in [-0.05, 0) is 24.3 Å². The number of hydrogen-bond donors (Lipinski definition) is 0. The fourth-order valence-corrected chi connectivity index (χ4v) is 5.37. The molecule has 0 saturated carbocycles. The number of aryl methyl sites for hydroxylation is 1. The molecule has 1 amide bonds. The van der Waals surface area contributed by atoms with Crippen LogP contribution in [0.5, 0.6) is 0 Å². The summed E-state index contributed by atoms with van der Waals surface area (Å²) in [4.78, 5) is 14.8. The molecule has 0 N–H and O–H groups in total. The minimum atomic E-state index is -3.70. The molecular weight excluding hydrogens is 414 g/mol. The highest BCUT2D eigenvalue weighted by Gasteiger charge is 2.32. The van der Waals surface area contributed by atoms with Gasteiger partial charge in [-0.1, -0.05) is 23.7 Å². The van der Waals surface area contributed by atoms with Crippen LogP contribution in [-0.2, 0) is 17.1 Å². The lowest BCUT2D eigenvalue weighted by molar-refractivity contribution is 0.0698. The normalized spacial score (nSPS) is 15.6. The van der Waals surface area contributed by atoms with E-state index in [9.17, 15) is 13.2 Å². The first-order valence-corrected chi connectivity index (χ1v) is 10.9. The number of sulfonamides is 1. The van der Waals surface area contributed by atoms with E-state index in [0.717, 1.165) is 0 Å². The Kier molecular flexibility index (Phi) is 5.20. The quantitative estimate of drug-likeness (QED) is 0.630. The fourth-order valence-electron chi connectivity index (χ4n) is 3.46. The molecule has 3 heterocycles. The molecule has 8 nitrogen and oxygen atoms in total. The molecule has 1 fully saturated rings. The summed E-state index contributed by atoms with van der Waals surface area (Å²) in [5.74, 6) is 0.503. The standard InChI is InChI=1S/C19H20ClN5O3S/c1-22-18(23-8-4-5-9-23)15(14-21-22)19(26)24-10-12-25(13-11-24)29(27,28)17-7-3-2-6-16(17)20/h2-9,14H,10-13H2,1H3. The maximum absolute atomic E-state index is 13.1. The molecule has 3 aromatic rings. The van der Waals surface area contributed by atoms with E-state index in [1.54, 1.807) is 41.0 Å². The number of carbonyl (C=O) groups excluding carboxylic acids is 1. The van der Waals surface area contributed by atoms with Crippen LogP contribution >= 0.6 is 11.6 Å². The fraction of sp³-hybridized carbons (Fsp3) is 0.263. The molecule has 1 aliphatic heterocycles. The summed E-state index contributed by atoms with van der Waals surface area (Å²) in [5.41, 5.74) is 0.478. The number of benzene rings is 1. The zero-order valence-corrected chi connectivity index (χ0v) is 17.3. The van der Waals surface area contributed by atoms with Gasteiger partial charge in [-0.15, -0.1) is 0 Å². The number of rotatable bonds is 4. The monoisotopic (exact) mass is 433 g/mol. The van der Waals surface area contributed by atoms with Gasteiger partial charge in [-0.3, -0.25) is 9.48 Å². The zero-order valence-electron chi connectivity index (χ0n) is 15.8. The van der Waals surface area contributed by atoms with Gasteiger partial charge in [-0.25, -0.2) is 8.42 Å². The van der Waals surface area contributed by atoms with Crippen LogP contribution in [0.4, 0.5) is 0 Å². The van der Waals surface area contributed by atoms with Crippen molar-refractivity contribution < 1.29 is 13.2 Å². The first-order valence-electron chi connectivity index (χ1n) is 9.09.